The predicted molar refractivity (Wildman–Crippen MR) is 69.9 cm³/mol. The molecule has 1 fully saturated rings. The minimum atomic E-state index is -0.0650. The van der Waals surface area contributed by atoms with E-state index < -0.39 is 0 Å². The van der Waals surface area contributed by atoms with Crippen LogP contribution in [0.2, 0.25) is 0 Å². The molecule has 0 aliphatic carbocycles. The van der Waals surface area contributed by atoms with Crippen molar-refractivity contribution >= 4 is 11.6 Å². The molecule has 4 N–H and O–H groups in total. The Morgan fingerprint density at radius 3 is 2.72 bits per heavy atom. The van der Waals surface area contributed by atoms with Gasteiger partial charge in [-0.05, 0) is 36.6 Å². The fourth-order valence-corrected chi connectivity index (χ4v) is 2.41. The quantitative estimate of drug-likeness (QED) is 0.547. The summed E-state index contributed by atoms with van der Waals surface area (Å²) in [7, 11) is 0. The SMILES string of the molecule is CC1CCN(C(=O)c2ccc(NN)cc2)C1CO. The molecule has 1 saturated heterocycles. The van der Waals surface area contributed by atoms with Crippen molar-refractivity contribution < 1.29 is 9.90 Å². The van der Waals surface area contributed by atoms with Crippen molar-refractivity contribution in [3.8, 4) is 0 Å². The van der Waals surface area contributed by atoms with E-state index in [0.717, 1.165) is 12.1 Å². The number of carbonyl (C=O) groups is 1. The maximum Gasteiger partial charge on any atom is 0.254 e. The summed E-state index contributed by atoms with van der Waals surface area (Å²) in [5, 5.41) is 9.36. The van der Waals surface area contributed by atoms with Crippen molar-refractivity contribution in [2.24, 2.45) is 11.8 Å². The van der Waals surface area contributed by atoms with Crippen LogP contribution in [0.3, 0.4) is 0 Å². The molecule has 1 aliphatic heterocycles. The molecule has 2 unspecified atom stereocenters. The summed E-state index contributed by atoms with van der Waals surface area (Å²) in [6.07, 6.45) is 0.944. The van der Waals surface area contributed by atoms with Crippen LogP contribution in [0.5, 0.6) is 0 Å². The Balaban J connectivity index is 2.15. The van der Waals surface area contributed by atoms with Crippen molar-refractivity contribution in [2.45, 2.75) is 19.4 Å². The van der Waals surface area contributed by atoms with Gasteiger partial charge in [0.1, 0.15) is 0 Å². The standard InChI is InChI=1S/C13H19N3O2/c1-9-6-7-16(12(9)8-17)13(18)10-2-4-11(15-14)5-3-10/h2-5,9,12,15,17H,6-8,14H2,1H3. The smallest absolute Gasteiger partial charge is 0.254 e. The van der Waals surface area contributed by atoms with E-state index in [4.69, 9.17) is 5.84 Å². The number of nitrogens with one attached hydrogen (secondary N) is 1. The second kappa shape index (κ2) is 5.37. The van der Waals surface area contributed by atoms with Crippen LogP contribution in [0, 0.1) is 5.92 Å². The van der Waals surface area contributed by atoms with E-state index in [1.165, 1.54) is 0 Å². The summed E-state index contributed by atoms with van der Waals surface area (Å²) in [5.41, 5.74) is 3.92. The van der Waals surface area contributed by atoms with Gasteiger partial charge >= 0.3 is 0 Å². The number of anilines is 1. The molecule has 0 bridgehead atoms. The van der Waals surface area contributed by atoms with Gasteiger partial charge in [-0.3, -0.25) is 10.6 Å². The summed E-state index contributed by atoms with van der Waals surface area (Å²) in [6.45, 7) is 2.80. The van der Waals surface area contributed by atoms with Gasteiger partial charge in [0.15, 0.2) is 0 Å². The lowest BCUT2D eigenvalue weighted by Crippen LogP contribution is -2.39. The molecular formula is C13H19N3O2. The number of hydrogen-bond donors (Lipinski definition) is 3. The van der Waals surface area contributed by atoms with Gasteiger partial charge in [-0.2, -0.15) is 0 Å². The molecule has 1 heterocycles. The average Bonchev–Trinajstić information content (AvgIpc) is 2.79. The number of likely N-dealkylation sites (tertiary alicyclic amines) is 1. The van der Waals surface area contributed by atoms with Gasteiger partial charge in [0.25, 0.3) is 5.91 Å². The molecule has 5 heteroatoms. The summed E-state index contributed by atoms with van der Waals surface area (Å²) in [6, 6.07) is 6.95. The fourth-order valence-electron chi connectivity index (χ4n) is 2.41. The number of aliphatic hydroxyl groups is 1. The number of rotatable bonds is 3. The number of nitrogen functional groups attached to an aromatic ring is 1. The number of hydrogen-bond acceptors (Lipinski definition) is 4. The second-order valence-corrected chi connectivity index (χ2v) is 4.74. The molecule has 2 rings (SSSR count). The zero-order valence-corrected chi connectivity index (χ0v) is 10.5. The van der Waals surface area contributed by atoms with Gasteiger partial charge in [-0.1, -0.05) is 6.92 Å². The maximum absolute atomic E-state index is 12.3. The number of aliphatic hydroxyl groups excluding tert-OH is 1. The highest BCUT2D eigenvalue weighted by molar-refractivity contribution is 5.95. The molecule has 1 aromatic carbocycles. The molecular weight excluding hydrogens is 230 g/mol. The van der Waals surface area contributed by atoms with Crippen LogP contribution >= 0.6 is 0 Å². The number of carbonyl (C=O) groups excluding carboxylic acids is 1. The minimum absolute atomic E-state index is 0.0232. The van der Waals surface area contributed by atoms with Gasteiger partial charge in [0, 0.05) is 17.8 Å². The third kappa shape index (κ3) is 2.32. The fraction of sp³-hybridized carbons (Fsp3) is 0.462. The van der Waals surface area contributed by atoms with Crippen LogP contribution in [0.4, 0.5) is 5.69 Å². The zero-order valence-electron chi connectivity index (χ0n) is 10.5. The second-order valence-electron chi connectivity index (χ2n) is 4.74. The van der Waals surface area contributed by atoms with Crippen LogP contribution in [0.15, 0.2) is 24.3 Å². The molecule has 1 aromatic rings. The van der Waals surface area contributed by atoms with E-state index in [2.05, 4.69) is 12.3 Å². The van der Waals surface area contributed by atoms with Crippen molar-refractivity contribution in [1.29, 1.82) is 0 Å². The lowest BCUT2D eigenvalue weighted by molar-refractivity contribution is 0.0648. The molecule has 98 valence electrons. The average molecular weight is 249 g/mol. The third-order valence-corrected chi connectivity index (χ3v) is 3.63. The Bertz CT molecular complexity index is 419. The van der Waals surface area contributed by atoms with Gasteiger partial charge in [-0.25, -0.2) is 0 Å². The molecule has 18 heavy (non-hydrogen) atoms. The van der Waals surface area contributed by atoms with Crippen LogP contribution in [0.25, 0.3) is 0 Å². The van der Waals surface area contributed by atoms with Crippen LogP contribution < -0.4 is 11.3 Å². The van der Waals surface area contributed by atoms with E-state index >= 15 is 0 Å². The highest BCUT2D eigenvalue weighted by Crippen LogP contribution is 2.25. The van der Waals surface area contributed by atoms with E-state index in [1.54, 1.807) is 29.2 Å². The van der Waals surface area contributed by atoms with Crippen LogP contribution in [0.1, 0.15) is 23.7 Å². The Labute approximate surface area is 107 Å². The number of hydrazine groups is 1. The monoisotopic (exact) mass is 249 g/mol. The first-order chi connectivity index (χ1) is 8.67. The Hall–Kier alpha value is -1.59. The van der Waals surface area contributed by atoms with Crippen molar-refractivity contribution in [2.75, 3.05) is 18.6 Å². The molecule has 5 nitrogen and oxygen atoms in total. The van der Waals surface area contributed by atoms with Crippen molar-refractivity contribution in [1.82, 2.24) is 4.90 Å². The molecule has 1 aliphatic rings. The maximum atomic E-state index is 12.3. The topological polar surface area (TPSA) is 78.6 Å². The Morgan fingerprint density at radius 1 is 1.50 bits per heavy atom. The predicted octanol–water partition coefficient (Wildman–Crippen LogP) is 0.815. The van der Waals surface area contributed by atoms with Gasteiger partial charge in [0.05, 0.1) is 12.6 Å². The normalized spacial score (nSPS) is 23.2. The first-order valence-corrected chi connectivity index (χ1v) is 6.16. The third-order valence-electron chi connectivity index (χ3n) is 3.63. The van der Waals surface area contributed by atoms with Crippen molar-refractivity contribution in [3.05, 3.63) is 29.8 Å². The minimum Gasteiger partial charge on any atom is -0.394 e. The first kappa shape index (κ1) is 12.9. The summed E-state index contributed by atoms with van der Waals surface area (Å²) in [4.78, 5) is 14.1. The van der Waals surface area contributed by atoms with Crippen LogP contribution in [-0.4, -0.2) is 35.1 Å². The number of nitrogens with two attached hydrogens (primary N) is 1. The van der Waals surface area contributed by atoms with E-state index in [-0.39, 0.29) is 18.6 Å². The van der Waals surface area contributed by atoms with Crippen LogP contribution in [-0.2, 0) is 0 Å². The summed E-state index contributed by atoms with van der Waals surface area (Å²) < 4.78 is 0. The van der Waals surface area contributed by atoms with Crippen molar-refractivity contribution in [3.63, 3.8) is 0 Å². The molecule has 1 amide bonds. The molecule has 0 spiro atoms. The van der Waals surface area contributed by atoms with E-state index in [9.17, 15) is 9.90 Å². The lowest BCUT2D eigenvalue weighted by Gasteiger charge is -2.25. The van der Waals surface area contributed by atoms with E-state index in [1.807, 2.05) is 0 Å². The summed E-state index contributed by atoms with van der Waals surface area (Å²) >= 11 is 0. The molecule has 0 radical (unpaired) electrons. The lowest BCUT2D eigenvalue weighted by atomic mass is 10.0. The van der Waals surface area contributed by atoms with Gasteiger partial charge in [-0.15, -0.1) is 0 Å². The zero-order chi connectivity index (χ0) is 13.1. The number of benzene rings is 1. The molecule has 0 aromatic heterocycles. The molecule has 0 saturated carbocycles. The van der Waals surface area contributed by atoms with Gasteiger partial charge < -0.3 is 15.4 Å². The molecule has 2 atom stereocenters. The highest BCUT2D eigenvalue weighted by atomic mass is 16.3. The Morgan fingerprint density at radius 2 is 2.17 bits per heavy atom. The van der Waals surface area contributed by atoms with E-state index in [0.29, 0.717) is 18.0 Å². The largest absolute Gasteiger partial charge is 0.394 e. The highest BCUT2D eigenvalue weighted by Gasteiger charge is 2.34. The number of amides is 1. The first-order valence-electron chi connectivity index (χ1n) is 6.16. The summed E-state index contributed by atoms with van der Waals surface area (Å²) in [5.74, 6) is 5.61. The van der Waals surface area contributed by atoms with Gasteiger partial charge in [0.2, 0.25) is 0 Å². The number of nitrogens with zero attached hydrogens (tertiary/aromatic N) is 1. The Kier molecular flexibility index (Phi) is 3.84.